The van der Waals surface area contributed by atoms with Crippen molar-refractivity contribution in [2.45, 2.75) is 33.1 Å². The van der Waals surface area contributed by atoms with Crippen LogP contribution in [-0.2, 0) is 5.41 Å². The molecular formula is C42H33NO3. The van der Waals surface area contributed by atoms with Crippen LogP contribution in [0.3, 0.4) is 0 Å². The molecule has 0 aliphatic carbocycles. The van der Waals surface area contributed by atoms with Gasteiger partial charge in [0.15, 0.2) is 11.5 Å². The van der Waals surface area contributed by atoms with Gasteiger partial charge in [0.2, 0.25) is 5.43 Å². The smallest absolute Gasteiger partial charge is 0.200 e. The van der Waals surface area contributed by atoms with Crippen LogP contribution in [0.15, 0.2) is 137 Å². The molecule has 0 radical (unpaired) electrons. The highest BCUT2D eigenvalue weighted by molar-refractivity contribution is 5.93. The summed E-state index contributed by atoms with van der Waals surface area (Å²) in [4.78, 5) is 15.6. The van der Waals surface area contributed by atoms with Gasteiger partial charge < -0.3 is 14.1 Å². The molecule has 0 spiro atoms. The van der Waals surface area contributed by atoms with E-state index >= 15 is 0 Å². The second-order valence-electron chi connectivity index (χ2n) is 13.1. The SMILES string of the molecule is Cc1cccc(N2c3ccc(-c4cccc(-c5ccc6oc7ccccc7c(=O)c6c5)c4)cc3Oc3cc(C(C)(C)C)ccc32)c1. The van der Waals surface area contributed by atoms with Crippen molar-refractivity contribution in [3.63, 3.8) is 0 Å². The second kappa shape index (κ2) is 10.5. The normalized spacial score (nSPS) is 12.6. The number of hydrogen-bond donors (Lipinski definition) is 0. The largest absolute Gasteiger partial charge is 0.456 e. The van der Waals surface area contributed by atoms with Gasteiger partial charge in [-0.25, -0.2) is 0 Å². The number of rotatable bonds is 3. The molecule has 0 atom stereocenters. The number of para-hydroxylation sites is 1. The van der Waals surface area contributed by atoms with E-state index < -0.39 is 0 Å². The lowest BCUT2D eigenvalue weighted by Crippen LogP contribution is -2.18. The number of nitrogens with zero attached hydrogens (tertiary/aromatic N) is 1. The second-order valence-corrected chi connectivity index (χ2v) is 13.1. The summed E-state index contributed by atoms with van der Waals surface area (Å²) in [6.45, 7) is 8.78. The van der Waals surface area contributed by atoms with Crippen LogP contribution in [0.1, 0.15) is 31.9 Å². The number of anilines is 3. The Morgan fingerprint density at radius 2 is 1.22 bits per heavy atom. The Morgan fingerprint density at radius 3 is 2.00 bits per heavy atom. The molecule has 4 nitrogen and oxygen atoms in total. The molecule has 0 unspecified atom stereocenters. The fourth-order valence-electron chi connectivity index (χ4n) is 6.36. The van der Waals surface area contributed by atoms with Crippen molar-refractivity contribution in [1.29, 1.82) is 0 Å². The molecule has 0 saturated carbocycles. The lowest BCUT2D eigenvalue weighted by molar-refractivity contribution is 0.473. The molecule has 6 aromatic carbocycles. The van der Waals surface area contributed by atoms with Gasteiger partial charge in [-0.15, -0.1) is 0 Å². The first-order valence-corrected chi connectivity index (χ1v) is 15.6. The first-order valence-electron chi connectivity index (χ1n) is 15.6. The maximum atomic E-state index is 13.3. The minimum atomic E-state index is -0.0187. The standard InChI is InChI=1S/C42H33NO3/c1-26-9-7-12-32(21-26)43-35-18-15-30(24-39(35)46-40-25-31(42(2,3)4)17-19-36(40)43)28-11-8-10-27(22-28)29-16-20-38-34(23-29)41(44)33-13-5-6-14-37(33)45-38/h5-25H,1-4H3. The monoisotopic (exact) mass is 599 g/mol. The van der Waals surface area contributed by atoms with Crippen LogP contribution in [0.25, 0.3) is 44.2 Å². The minimum Gasteiger partial charge on any atom is -0.456 e. The van der Waals surface area contributed by atoms with E-state index in [-0.39, 0.29) is 10.8 Å². The predicted octanol–water partition coefficient (Wildman–Crippen LogP) is 11.5. The Labute approximate surface area is 268 Å². The van der Waals surface area contributed by atoms with Gasteiger partial charge in [0.25, 0.3) is 0 Å². The third-order valence-corrected chi connectivity index (χ3v) is 8.85. The van der Waals surface area contributed by atoms with Crippen molar-refractivity contribution >= 4 is 39.0 Å². The van der Waals surface area contributed by atoms with Crippen LogP contribution in [0.2, 0.25) is 0 Å². The summed E-state index contributed by atoms with van der Waals surface area (Å²) < 4.78 is 12.7. The number of fused-ring (bicyclic) bond motifs is 4. The van der Waals surface area contributed by atoms with Gasteiger partial charge in [-0.05, 0) is 112 Å². The van der Waals surface area contributed by atoms with Gasteiger partial charge in [-0.2, -0.15) is 0 Å². The average Bonchev–Trinajstić information content (AvgIpc) is 3.06. The predicted molar refractivity (Wildman–Crippen MR) is 189 cm³/mol. The highest BCUT2D eigenvalue weighted by Crippen LogP contribution is 2.52. The molecular weight excluding hydrogens is 566 g/mol. The molecule has 0 bridgehead atoms. The quantitative estimate of drug-likeness (QED) is 0.190. The lowest BCUT2D eigenvalue weighted by Gasteiger charge is -2.34. The first-order chi connectivity index (χ1) is 22.2. The van der Waals surface area contributed by atoms with E-state index in [9.17, 15) is 4.79 Å². The van der Waals surface area contributed by atoms with Crippen LogP contribution in [0.5, 0.6) is 11.5 Å². The van der Waals surface area contributed by atoms with E-state index in [0.29, 0.717) is 21.9 Å². The molecule has 1 aliphatic heterocycles. The maximum Gasteiger partial charge on any atom is 0.200 e. The van der Waals surface area contributed by atoms with Gasteiger partial charge in [-0.1, -0.05) is 81.4 Å². The average molecular weight is 600 g/mol. The number of aryl methyl sites for hydroxylation is 1. The summed E-state index contributed by atoms with van der Waals surface area (Å²) in [7, 11) is 0. The number of benzene rings is 6. The molecule has 8 rings (SSSR count). The Bertz CT molecular complexity index is 2380. The minimum absolute atomic E-state index is 0.00801. The van der Waals surface area contributed by atoms with Crippen LogP contribution in [0.4, 0.5) is 17.1 Å². The molecule has 4 heteroatoms. The fraction of sp³-hybridized carbons (Fsp3) is 0.119. The van der Waals surface area contributed by atoms with E-state index in [2.05, 4.69) is 118 Å². The van der Waals surface area contributed by atoms with Gasteiger partial charge in [0.05, 0.1) is 22.1 Å². The highest BCUT2D eigenvalue weighted by Gasteiger charge is 2.28. The Balaban J connectivity index is 1.22. The van der Waals surface area contributed by atoms with Crippen LogP contribution < -0.4 is 15.1 Å². The van der Waals surface area contributed by atoms with E-state index in [1.807, 2.05) is 42.5 Å². The molecule has 2 heterocycles. The van der Waals surface area contributed by atoms with Crippen molar-refractivity contribution < 1.29 is 9.15 Å². The number of ether oxygens (including phenoxy) is 1. The summed E-state index contributed by atoms with van der Waals surface area (Å²) in [5, 5.41) is 1.17. The molecule has 0 fully saturated rings. The van der Waals surface area contributed by atoms with Gasteiger partial charge in [0, 0.05) is 5.69 Å². The van der Waals surface area contributed by atoms with E-state index in [1.54, 1.807) is 0 Å². The summed E-state index contributed by atoms with van der Waals surface area (Å²) in [6.07, 6.45) is 0. The fourth-order valence-corrected chi connectivity index (χ4v) is 6.36. The van der Waals surface area contributed by atoms with Gasteiger partial charge in [-0.3, -0.25) is 4.79 Å². The van der Waals surface area contributed by atoms with Crippen LogP contribution >= 0.6 is 0 Å². The third kappa shape index (κ3) is 4.74. The topological polar surface area (TPSA) is 42.7 Å². The molecule has 1 aromatic heterocycles. The molecule has 46 heavy (non-hydrogen) atoms. The van der Waals surface area contributed by atoms with Gasteiger partial charge >= 0.3 is 0 Å². The first kappa shape index (κ1) is 27.9. The maximum absolute atomic E-state index is 13.3. The van der Waals surface area contributed by atoms with E-state index in [1.165, 1.54) is 11.1 Å². The Hall–Kier alpha value is -5.61. The zero-order chi connectivity index (χ0) is 31.6. The Kier molecular flexibility index (Phi) is 6.36. The van der Waals surface area contributed by atoms with Crippen molar-refractivity contribution in [2.24, 2.45) is 0 Å². The lowest BCUT2D eigenvalue weighted by atomic mass is 9.86. The number of hydrogen-bond acceptors (Lipinski definition) is 4. The van der Waals surface area contributed by atoms with Crippen molar-refractivity contribution in [3.05, 3.63) is 149 Å². The van der Waals surface area contributed by atoms with Crippen LogP contribution in [-0.4, -0.2) is 0 Å². The van der Waals surface area contributed by atoms with Gasteiger partial charge in [0.1, 0.15) is 11.2 Å². The summed E-state index contributed by atoms with van der Waals surface area (Å²) >= 11 is 0. The summed E-state index contributed by atoms with van der Waals surface area (Å²) in [5.41, 5.74) is 10.8. The zero-order valence-corrected chi connectivity index (χ0v) is 26.3. The molecule has 0 N–H and O–H groups in total. The third-order valence-electron chi connectivity index (χ3n) is 8.85. The zero-order valence-electron chi connectivity index (χ0n) is 26.3. The summed E-state index contributed by atoms with van der Waals surface area (Å²) in [6, 6.07) is 43.2. The molecule has 224 valence electrons. The molecule has 0 amide bonds. The molecule has 1 aliphatic rings. The van der Waals surface area contributed by atoms with E-state index in [4.69, 9.17) is 9.15 Å². The highest BCUT2D eigenvalue weighted by atomic mass is 16.5. The molecule has 0 saturated heterocycles. The molecule has 7 aromatic rings. The van der Waals surface area contributed by atoms with Crippen molar-refractivity contribution in [3.8, 4) is 33.8 Å². The Morgan fingerprint density at radius 1 is 0.565 bits per heavy atom. The van der Waals surface area contributed by atoms with Crippen molar-refractivity contribution in [2.75, 3.05) is 4.90 Å². The van der Waals surface area contributed by atoms with E-state index in [0.717, 1.165) is 50.8 Å². The van der Waals surface area contributed by atoms with Crippen LogP contribution in [0, 0.1) is 6.92 Å². The van der Waals surface area contributed by atoms with Crippen molar-refractivity contribution in [1.82, 2.24) is 0 Å². The summed E-state index contributed by atoms with van der Waals surface area (Å²) in [5.74, 6) is 1.65.